The van der Waals surface area contributed by atoms with Crippen LogP contribution in [-0.4, -0.2) is 76.2 Å². The van der Waals surface area contributed by atoms with Gasteiger partial charge in [0.2, 0.25) is 5.91 Å². The molecule has 0 bridgehead atoms. The fourth-order valence-corrected chi connectivity index (χ4v) is 3.92. The Labute approximate surface area is 159 Å². The highest BCUT2D eigenvalue weighted by atomic mass is 19.1. The molecular weight excluding hydrogens is 345 g/mol. The predicted molar refractivity (Wildman–Crippen MR) is 101 cm³/mol. The third-order valence-corrected chi connectivity index (χ3v) is 5.47. The Bertz CT molecular complexity index is 765. The summed E-state index contributed by atoms with van der Waals surface area (Å²) in [5, 5.41) is 4.28. The van der Waals surface area contributed by atoms with E-state index in [2.05, 4.69) is 14.9 Å². The first-order valence-corrected chi connectivity index (χ1v) is 9.70. The van der Waals surface area contributed by atoms with Gasteiger partial charge in [-0.3, -0.25) is 14.6 Å². The summed E-state index contributed by atoms with van der Waals surface area (Å²) in [4.78, 5) is 18.9. The van der Waals surface area contributed by atoms with Crippen molar-refractivity contribution in [1.29, 1.82) is 0 Å². The van der Waals surface area contributed by atoms with E-state index in [4.69, 9.17) is 0 Å². The summed E-state index contributed by atoms with van der Waals surface area (Å²) in [6.45, 7) is 6.51. The van der Waals surface area contributed by atoms with Crippen molar-refractivity contribution < 1.29 is 9.18 Å². The summed E-state index contributed by atoms with van der Waals surface area (Å²) in [7, 11) is 0. The molecule has 27 heavy (non-hydrogen) atoms. The molecular formula is C20H26FN5O. The largest absolute Gasteiger partial charge is 0.342 e. The molecule has 0 saturated carbocycles. The molecule has 0 atom stereocenters. The third-order valence-electron chi connectivity index (χ3n) is 5.47. The number of hydrogen-bond acceptors (Lipinski definition) is 4. The molecule has 1 amide bonds. The summed E-state index contributed by atoms with van der Waals surface area (Å²) in [5.74, 6) is 0.0304. The molecule has 2 aliphatic rings. The molecule has 2 aliphatic heterocycles. The lowest BCUT2D eigenvalue weighted by atomic mass is 10.1. The lowest BCUT2D eigenvalue weighted by Gasteiger charge is -2.35. The van der Waals surface area contributed by atoms with Gasteiger partial charge in [0.05, 0.1) is 12.2 Å². The van der Waals surface area contributed by atoms with Crippen LogP contribution >= 0.6 is 0 Å². The first-order chi connectivity index (χ1) is 13.2. The predicted octanol–water partition coefficient (Wildman–Crippen LogP) is 1.75. The zero-order chi connectivity index (χ0) is 18.6. The van der Waals surface area contributed by atoms with E-state index in [9.17, 15) is 9.18 Å². The topological polar surface area (TPSA) is 44.6 Å². The molecule has 0 radical (unpaired) electrons. The molecule has 7 heteroatoms. The number of likely N-dealkylation sites (tertiary alicyclic amines) is 1. The summed E-state index contributed by atoms with van der Waals surface area (Å²) < 4.78 is 15.6. The minimum atomic E-state index is -0.226. The molecule has 4 rings (SSSR count). The maximum Gasteiger partial charge on any atom is 0.236 e. The second kappa shape index (κ2) is 8.19. The van der Waals surface area contributed by atoms with Gasteiger partial charge in [-0.25, -0.2) is 9.07 Å². The van der Waals surface area contributed by atoms with Crippen molar-refractivity contribution >= 4 is 5.91 Å². The first-order valence-electron chi connectivity index (χ1n) is 9.70. The normalized spacial score (nSPS) is 18.9. The Hall–Kier alpha value is -2.25. The number of carbonyl (C=O) groups is 1. The number of nitrogens with zero attached hydrogens (tertiary/aromatic N) is 5. The van der Waals surface area contributed by atoms with Crippen LogP contribution in [0.4, 0.5) is 4.39 Å². The van der Waals surface area contributed by atoms with Gasteiger partial charge in [0, 0.05) is 58.2 Å². The van der Waals surface area contributed by atoms with Gasteiger partial charge in [-0.05, 0) is 42.7 Å². The Balaban J connectivity index is 1.34. The van der Waals surface area contributed by atoms with Crippen LogP contribution in [0.1, 0.15) is 18.4 Å². The molecule has 0 spiro atoms. The van der Waals surface area contributed by atoms with Crippen LogP contribution in [0, 0.1) is 5.82 Å². The number of hydrogen-bond donors (Lipinski definition) is 0. The minimum absolute atomic E-state index is 0.226. The number of rotatable bonds is 5. The van der Waals surface area contributed by atoms with Gasteiger partial charge in [0.15, 0.2) is 0 Å². The van der Waals surface area contributed by atoms with Crippen molar-refractivity contribution in [2.75, 3.05) is 45.8 Å². The van der Waals surface area contributed by atoms with Crippen LogP contribution in [0.25, 0.3) is 5.69 Å². The molecule has 0 N–H and O–H groups in total. The smallest absolute Gasteiger partial charge is 0.236 e. The number of aromatic nitrogens is 2. The second-order valence-corrected chi connectivity index (χ2v) is 7.36. The molecule has 3 heterocycles. The van der Waals surface area contributed by atoms with E-state index in [1.165, 1.54) is 6.07 Å². The quantitative estimate of drug-likeness (QED) is 0.803. The second-order valence-electron chi connectivity index (χ2n) is 7.36. The third kappa shape index (κ3) is 4.36. The van der Waals surface area contributed by atoms with Crippen LogP contribution in [0.5, 0.6) is 0 Å². The van der Waals surface area contributed by atoms with Crippen LogP contribution in [0.3, 0.4) is 0 Å². The van der Waals surface area contributed by atoms with Crippen molar-refractivity contribution in [1.82, 2.24) is 24.5 Å². The average molecular weight is 371 g/mol. The minimum Gasteiger partial charge on any atom is -0.342 e. The van der Waals surface area contributed by atoms with Gasteiger partial charge < -0.3 is 4.90 Å². The molecule has 1 aromatic carbocycles. The maximum atomic E-state index is 13.8. The van der Waals surface area contributed by atoms with Gasteiger partial charge in [-0.1, -0.05) is 0 Å². The van der Waals surface area contributed by atoms with Gasteiger partial charge in [-0.15, -0.1) is 0 Å². The number of halogens is 1. The molecule has 2 fully saturated rings. The number of piperazine rings is 1. The van der Waals surface area contributed by atoms with Crippen molar-refractivity contribution in [2.24, 2.45) is 0 Å². The van der Waals surface area contributed by atoms with E-state index in [0.29, 0.717) is 13.1 Å². The Kier molecular flexibility index (Phi) is 5.50. The highest BCUT2D eigenvalue weighted by Crippen LogP contribution is 2.19. The van der Waals surface area contributed by atoms with Crippen molar-refractivity contribution in [2.45, 2.75) is 19.4 Å². The molecule has 6 nitrogen and oxygen atoms in total. The van der Waals surface area contributed by atoms with Gasteiger partial charge in [0.1, 0.15) is 5.82 Å². The summed E-state index contributed by atoms with van der Waals surface area (Å²) in [6, 6.07) is 6.72. The molecule has 1 aromatic heterocycles. The van der Waals surface area contributed by atoms with Crippen LogP contribution in [-0.2, 0) is 11.3 Å². The summed E-state index contributed by atoms with van der Waals surface area (Å²) >= 11 is 0. The SMILES string of the molecule is O=C(CN1CCN(Cc2cc(F)ccc2-n2cccn2)CC1)N1CCCC1. The van der Waals surface area contributed by atoms with Gasteiger partial charge in [0.25, 0.3) is 0 Å². The molecule has 2 saturated heterocycles. The highest BCUT2D eigenvalue weighted by molar-refractivity contribution is 5.78. The Morgan fingerprint density at radius 3 is 2.48 bits per heavy atom. The fraction of sp³-hybridized carbons (Fsp3) is 0.500. The molecule has 0 unspecified atom stereocenters. The van der Waals surface area contributed by atoms with E-state index in [1.807, 2.05) is 17.2 Å². The van der Waals surface area contributed by atoms with Crippen LogP contribution < -0.4 is 0 Å². The number of carbonyl (C=O) groups excluding carboxylic acids is 1. The lowest BCUT2D eigenvalue weighted by molar-refractivity contribution is -0.131. The Morgan fingerprint density at radius 1 is 1.04 bits per heavy atom. The first kappa shape index (κ1) is 18.1. The van der Waals surface area contributed by atoms with Crippen LogP contribution in [0.2, 0.25) is 0 Å². The monoisotopic (exact) mass is 371 g/mol. The van der Waals surface area contributed by atoms with E-state index >= 15 is 0 Å². The van der Waals surface area contributed by atoms with Crippen molar-refractivity contribution in [3.05, 3.63) is 48.0 Å². The van der Waals surface area contributed by atoms with E-state index < -0.39 is 0 Å². The average Bonchev–Trinajstić information content (AvgIpc) is 3.37. The highest BCUT2D eigenvalue weighted by Gasteiger charge is 2.24. The zero-order valence-corrected chi connectivity index (χ0v) is 15.6. The fourth-order valence-electron chi connectivity index (χ4n) is 3.92. The van der Waals surface area contributed by atoms with Crippen molar-refractivity contribution in [3.8, 4) is 5.69 Å². The van der Waals surface area contributed by atoms with Crippen LogP contribution in [0.15, 0.2) is 36.7 Å². The van der Waals surface area contributed by atoms with Gasteiger partial charge in [-0.2, -0.15) is 5.10 Å². The Morgan fingerprint density at radius 2 is 1.78 bits per heavy atom. The number of benzene rings is 1. The summed E-state index contributed by atoms with van der Waals surface area (Å²) in [5.41, 5.74) is 1.84. The van der Waals surface area contributed by atoms with Gasteiger partial charge >= 0.3 is 0 Å². The molecule has 0 aliphatic carbocycles. The van der Waals surface area contributed by atoms with E-state index in [1.54, 1.807) is 23.0 Å². The zero-order valence-electron chi connectivity index (χ0n) is 15.6. The molecule has 144 valence electrons. The number of amides is 1. The van der Waals surface area contributed by atoms with E-state index in [-0.39, 0.29) is 11.7 Å². The van der Waals surface area contributed by atoms with Crippen molar-refractivity contribution in [3.63, 3.8) is 0 Å². The summed E-state index contributed by atoms with van der Waals surface area (Å²) in [6.07, 6.45) is 5.86. The maximum absolute atomic E-state index is 13.8. The van der Waals surface area contributed by atoms with E-state index in [0.717, 1.165) is 63.4 Å². The lowest BCUT2D eigenvalue weighted by Crippen LogP contribution is -2.49. The standard InChI is InChI=1S/C20H26FN5O/c21-18-4-5-19(26-9-3-6-22-26)17(14-18)15-23-10-12-24(13-11-23)16-20(27)25-7-1-2-8-25/h3-6,9,14H,1-2,7-8,10-13,15-16H2. The molecule has 2 aromatic rings.